The number of nitrogens with zero attached hydrogens (tertiary/aromatic N) is 1. The summed E-state index contributed by atoms with van der Waals surface area (Å²) >= 11 is 0. The molecule has 2 saturated heterocycles. The van der Waals surface area contributed by atoms with E-state index < -0.39 is 0 Å². The van der Waals surface area contributed by atoms with Gasteiger partial charge < -0.3 is 15.2 Å². The Labute approximate surface area is 91.6 Å². The van der Waals surface area contributed by atoms with Crippen LogP contribution in [0.25, 0.3) is 0 Å². The third-order valence-electron chi connectivity index (χ3n) is 3.57. The van der Waals surface area contributed by atoms with Gasteiger partial charge in [0.05, 0.1) is 25.4 Å². The summed E-state index contributed by atoms with van der Waals surface area (Å²) in [6, 6.07) is 0.798. The Bertz CT molecular complexity index is 201. The first kappa shape index (κ1) is 11.3. The number of rotatable bonds is 4. The van der Waals surface area contributed by atoms with Crippen LogP contribution in [0.5, 0.6) is 0 Å². The minimum absolute atomic E-state index is 0.143. The quantitative estimate of drug-likeness (QED) is 0.681. The van der Waals surface area contributed by atoms with Gasteiger partial charge in [-0.2, -0.15) is 0 Å². The molecule has 0 bridgehead atoms. The fourth-order valence-corrected chi connectivity index (χ4v) is 2.57. The second-order valence-electron chi connectivity index (χ2n) is 4.54. The molecule has 0 spiro atoms. The topological polar surface area (TPSA) is 44.7 Å². The normalized spacial score (nSPS) is 37.6. The molecule has 2 fully saturated rings. The number of hydrogen-bond donors (Lipinski definition) is 2. The van der Waals surface area contributed by atoms with Crippen LogP contribution in [-0.2, 0) is 4.74 Å². The second kappa shape index (κ2) is 5.25. The summed E-state index contributed by atoms with van der Waals surface area (Å²) in [6.45, 7) is 6.70. The Morgan fingerprint density at radius 2 is 2.33 bits per heavy atom. The molecule has 1 unspecified atom stereocenters. The highest BCUT2D eigenvalue weighted by atomic mass is 16.5. The summed E-state index contributed by atoms with van der Waals surface area (Å²) in [6.07, 6.45) is 2.27. The maximum absolute atomic E-state index is 9.58. The average molecular weight is 214 g/mol. The summed E-state index contributed by atoms with van der Waals surface area (Å²) in [5.41, 5.74) is 0. The van der Waals surface area contributed by atoms with Gasteiger partial charge in [-0.1, -0.05) is 6.92 Å². The monoisotopic (exact) mass is 214 g/mol. The summed E-state index contributed by atoms with van der Waals surface area (Å²) in [7, 11) is 0. The van der Waals surface area contributed by atoms with Gasteiger partial charge >= 0.3 is 0 Å². The van der Waals surface area contributed by atoms with Crippen molar-refractivity contribution in [1.82, 2.24) is 10.2 Å². The molecule has 0 amide bonds. The van der Waals surface area contributed by atoms with Crippen molar-refractivity contribution in [2.24, 2.45) is 0 Å². The zero-order chi connectivity index (χ0) is 10.7. The predicted octanol–water partition coefficient (Wildman–Crippen LogP) is -0.180. The van der Waals surface area contributed by atoms with Crippen molar-refractivity contribution < 1.29 is 9.84 Å². The second-order valence-corrected chi connectivity index (χ2v) is 4.54. The highest BCUT2D eigenvalue weighted by Crippen LogP contribution is 2.16. The van der Waals surface area contributed by atoms with E-state index in [2.05, 4.69) is 17.1 Å². The van der Waals surface area contributed by atoms with Crippen molar-refractivity contribution in [2.75, 3.05) is 32.8 Å². The molecule has 0 aromatic carbocycles. The first-order chi connectivity index (χ1) is 7.31. The fraction of sp³-hybridized carbons (Fsp3) is 1.00. The molecular formula is C11H22N2O2. The highest BCUT2D eigenvalue weighted by Gasteiger charge is 2.28. The van der Waals surface area contributed by atoms with Gasteiger partial charge in [0.15, 0.2) is 0 Å². The molecule has 0 aromatic heterocycles. The average Bonchev–Trinajstić information content (AvgIpc) is 2.83. The number of aliphatic hydroxyl groups excluding tert-OH is 1. The van der Waals surface area contributed by atoms with Gasteiger partial charge in [-0.25, -0.2) is 0 Å². The van der Waals surface area contributed by atoms with Crippen LogP contribution < -0.4 is 5.32 Å². The van der Waals surface area contributed by atoms with Gasteiger partial charge in [0.25, 0.3) is 0 Å². The summed E-state index contributed by atoms with van der Waals surface area (Å²) in [5, 5.41) is 13.0. The molecule has 0 saturated carbocycles. The summed E-state index contributed by atoms with van der Waals surface area (Å²) < 4.78 is 5.21. The lowest BCUT2D eigenvalue weighted by Crippen LogP contribution is -2.45. The molecule has 4 nitrogen and oxygen atoms in total. The molecule has 0 radical (unpaired) electrons. The third kappa shape index (κ3) is 2.69. The standard InChI is InChI=1S/C11H22N2O2/c1-2-13-5-3-4-9(13)6-12-10-7-15-8-11(10)14/h9-12,14H,2-8H2,1H3/t9?,10-,11-/m1/s1. The van der Waals surface area contributed by atoms with Crippen LogP contribution in [0.4, 0.5) is 0 Å². The minimum Gasteiger partial charge on any atom is -0.389 e. The van der Waals surface area contributed by atoms with Crippen LogP contribution in [0.3, 0.4) is 0 Å². The van der Waals surface area contributed by atoms with Crippen LogP contribution in [0.2, 0.25) is 0 Å². The number of nitrogens with one attached hydrogen (secondary N) is 1. The number of ether oxygens (including phenoxy) is 1. The van der Waals surface area contributed by atoms with Gasteiger partial charge in [0.1, 0.15) is 0 Å². The van der Waals surface area contributed by atoms with Gasteiger partial charge in [-0.15, -0.1) is 0 Å². The lowest BCUT2D eigenvalue weighted by atomic mass is 10.1. The summed E-state index contributed by atoms with van der Waals surface area (Å²) in [4.78, 5) is 2.51. The van der Waals surface area contributed by atoms with E-state index in [1.54, 1.807) is 0 Å². The first-order valence-electron chi connectivity index (χ1n) is 6.04. The molecule has 2 N–H and O–H groups in total. The zero-order valence-electron chi connectivity index (χ0n) is 9.48. The third-order valence-corrected chi connectivity index (χ3v) is 3.57. The Morgan fingerprint density at radius 1 is 1.47 bits per heavy atom. The molecule has 2 heterocycles. The highest BCUT2D eigenvalue weighted by molar-refractivity contribution is 4.85. The molecule has 88 valence electrons. The smallest absolute Gasteiger partial charge is 0.0948 e. The Kier molecular flexibility index (Phi) is 3.97. The van der Waals surface area contributed by atoms with E-state index in [4.69, 9.17) is 4.74 Å². The van der Waals surface area contributed by atoms with Crippen molar-refractivity contribution >= 4 is 0 Å². The van der Waals surface area contributed by atoms with Crippen LogP contribution in [0.15, 0.2) is 0 Å². The van der Waals surface area contributed by atoms with Crippen molar-refractivity contribution in [3.63, 3.8) is 0 Å². The van der Waals surface area contributed by atoms with E-state index in [1.165, 1.54) is 19.4 Å². The Balaban J connectivity index is 1.72. The lowest BCUT2D eigenvalue weighted by Gasteiger charge is -2.25. The molecule has 2 rings (SSSR count). The van der Waals surface area contributed by atoms with Gasteiger partial charge in [-0.05, 0) is 25.9 Å². The molecule has 2 aliphatic heterocycles. The minimum atomic E-state index is -0.318. The Morgan fingerprint density at radius 3 is 3.00 bits per heavy atom. The Hall–Kier alpha value is -0.160. The maximum atomic E-state index is 9.58. The molecule has 0 aliphatic carbocycles. The van der Waals surface area contributed by atoms with E-state index in [9.17, 15) is 5.11 Å². The van der Waals surface area contributed by atoms with Gasteiger partial charge in [0, 0.05) is 12.6 Å². The van der Waals surface area contributed by atoms with Crippen LogP contribution in [0, 0.1) is 0 Å². The zero-order valence-corrected chi connectivity index (χ0v) is 9.48. The maximum Gasteiger partial charge on any atom is 0.0948 e. The molecular weight excluding hydrogens is 192 g/mol. The number of likely N-dealkylation sites (N-methyl/N-ethyl adjacent to an activating group) is 1. The molecule has 2 aliphatic rings. The SMILES string of the molecule is CCN1CCCC1CN[C@@H]1COC[C@H]1O. The molecule has 0 aromatic rings. The number of likely N-dealkylation sites (tertiary alicyclic amines) is 1. The number of aliphatic hydroxyl groups is 1. The van der Waals surface area contributed by atoms with E-state index in [-0.39, 0.29) is 12.1 Å². The first-order valence-corrected chi connectivity index (χ1v) is 6.04. The van der Waals surface area contributed by atoms with Crippen LogP contribution in [0.1, 0.15) is 19.8 Å². The van der Waals surface area contributed by atoms with Crippen LogP contribution in [-0.4, -0.2) is 61.0 Å². The molecule has 15 heavy (non-hydrogen) atoms. The predicted molar refractivity (Wildman–Crippen MR) is 58.9 cm³/mol. The number of hydrogen-bond acceptors (Lipinski definition) is 4. The van der Waals surface area contributed by atoms with Crippen molar-refractivity contribution in [3.05, 3.63) is 0 Å². The molecule has 4 heteroatoms. The van der Waals surface area contributed by atoms with E-state index >= 15 is 0 Å². The van der Waals surface area contributed by atoms with Crippen molar-refractivity contribution in [3.8, 4) is 0 Å². The molecule has 3 atom stereocenters. The van der Waals surface area contributed by atoms with E-state index in [0.717, 1.165) is 13.1 Å². The summed E-state index contributed by atoms with van der Waals surface area (Å²) in [5.74, 6) is 0. The van der Waals surface area contributed by atoms with E-state index in [0.29, 0.717) is 19.3 Å². The lowest BCUT2D eigenvalue weighted by molar-refractivity contribution is 0.121. The fourth-order valence-electron chi connectivity index (χ4n) is 2.57. The van der Waals surface area contributed by atoms with Crippen LogP contribution >= 0.6 is 0 Å². The van der Waals surface area contributed by atoms with Crippen molar-refractivity contribution in [2.45, 2.75) is 38.0 Å². The van der Waals surface area contributed by atoms with Gasteiger partial charge in [0.2, 0.25) is 0 Å². The van der Waals surface area contributed by atoms with Gasteiger partial charge in [-0.3, -0.25) is 4.90 Å². The van der Waals surface area contributed by atoms with E-state index in [1.807, 2.05) is 0 Å². The largest absolute Gasteiger partial charge is 0.389 e. The van der Waals surface area contributed by atoms with Crippen molar-refractivity contribution in [1.29, 1.82) is 0 Å².